The van der Waals surface area contributed by atoms with Crippen LogP contribution < -0.4 is 5.19 Å². The molecule has 8 rings (SSSR count). The van der Waals surface area contributed by atoms with E-state index in [4.69, 9.17) is 9.40 Å². The van der Waals surface area contributed by atoms with Crippen molar-refractivity contribution in [2.75, 3.05) is 0 Å². The first-order valence-corrected chi connectivity index (χ1v) is 22.1. The summed E-state index contributed by atoms with van der Waals surface area (Å²) in [5, 5.41) is 3.73. The number of rotatable bonds is 7. The van der Waals surface area contributed by atoms with E-state index in [1.807, 2.05) is 36.5 Å². The minimum Gasteiger partial charge on any atom is -0.501 e. The number of furan rings is 1. The van der Waals surface area contributed by atoms with E-state index in [2.05, 4.69) is 130 Å². The predicted molar refractivity (Wildman–Crippen MR) is 217 cm³/mol. The summed E-state index contributed by atoms with van der Waals surface area (Å²) in [5.41, 5.74) is 11.0. The SMILES string of the molecule is CC(C)c1cc(-c2[c-]cccc2)ncc1[Si](C)(C)C.[Ir].[c-]1ccc2c(oc3cc(-c4ccccc4)ccc32)c1-c1cc(CC2CCCCC2)ccn1. The zero-order valence-corrected chi connectivity index (χ0v) is 34.4. The normalized spacial score (nSPS) is 13.5. The van der Waals surface area contributed by atoms with Gasteiger partial charge in [0.05, 0.1) is 13.7 Å². The molecule has 0 aliphatic heterocycles. The van der Waals surface area contributed by atoms with Gasteiger partial charge in [-0.2, -0.15) is 0 Å². The average molecular weight is 877 g/mol. The van der Waals surface area contributed by atoms with Crippen LogP contribution in [0.3, 0.4) is 0 Å². The Labute approximate surface area is 324 Å². The van der Waals surface area contributed by atoms with Gasteiger partial charge in [-0.3, -0.25) is 0 Å². The Balaban J connectivity index is 0.000000200. The molecule has 0 unspecified atom stereocenters. The molecule has 0 N–H and O–H groups in total. The number of pyridine rings is 2. The quantitative estimate of drug-likeness (QED) is 0.118. The fourth-order valence-corrected chi connectivity index (χ4v) is 9.16. The molecule has 0 spiro atoms. The van der Waals surface area contributed by atoms with E-state index in [1.165, 1.54) is 54.0 Å². The zero-order chi connectivity index (χ0) is 35.4. The summed E-state index contributed by atoms with van der Waals surface area (Å²) in [6, 6.07) is 42.4. The Hall–Kier alpha value is -4.15. The molecule has 52 heavy (non-hydrogen) atoms. The molecule has 267 valence electrons. The molecule has 0 bridgehead atoms. The molecule has 0 atom stereocenters. The maximum Gasteiger partial charge on any atom is 0.121 e. The molecule has 1 radical (unpaired) electrons. The van der Waals surface area contributed by atoms with Gasteiger partial charge in [-0.15, -0.1) is 54.1 Å². The Bertz CT molecular complexity index is 2230. The summed E-state index contributed by atoms with van der Waals surface area (Å²) in [6.07, 6.45) is 12.0. The molecule has 3 nitrogen and oxygen atoms in total. The number of benzene rings is 4. The number of aromatic nitrogens is 2. The molecule has 1 aliphatic carbocycles. The van der Waals surface area contributed by atoms with Gasteiger partial charge in [0.25, 0.3) is 0 Å². The second-order valence-corrected chi connectivity index (χ2v) is 20.4. The molecule has 1 aliphatic rings. The van der Waals surface area contributed by atoms with E-state index in [1.54, 1.807) is 0 Å². The van der Waals surface area contributed by atoms with Crippen LogP contribution in [0.15, 0.2) is 120 Å². The van der Waals surface area contributed by atoms with Gasteiger partial charge in [-0.25, -0.2) is 0 Å². The molecule has 4 aromatic carbocycles. The van der Waals surface area contributed by atoms with Crippen molar-refractivity contribution >= 4 is 35.2 Å². The number of nitrogens with zero attached hydrogens (tertiary/aromatic N) is 2. The topological polar surface area (TPSA) is 38.9 Å². The van der Waals surface area contributed by atoms with Crippen molar-refractivity contribution in [3.8, 4) is 33.6 Å². The molecule has 5 heteroatoms. The van der Waals surface area contributed by atoms with Crippen molar-refractivity contribution < 1.29 is 24.5 Å². The van der Waals surface area contributed by atoms with Crippen molar-refractivity contribution in [1.29, 1.82) is 0 Å². The van der Waals surface area contributed by atoms with Crippen LogP contribution in [0.1, 0.15) is 63.0 Å². The number of hydrogen-bond acceptors (Lipinski definition) is 3. The maximum absolute atomic E-state index is 6.42. The second kappa shape index (κ2) is 16.7. The largest absolute Gasteiger partial charge is 0.501 e. The molecule has 0 amide bonds. The third kappa shape index (κ3) is 8.55. The van der Waals surface area contributed by atoms with Gasteiger partial charge in [0.1, 0.15) is 5.58 Å². The predicted octanol–water partition coefficient (Wildman–Crippen LogP) is 12.5. The van der Waals surface area contributed by atoms with Gasteiger partial charge in [-0.05, 0) is 58.1 Å². The Kier molecular flexibility index (Phi) is 12.1. The van der Waals surface area contributed by atoms with Crippen LogP contribution in [-0.4, -0.2) is 18.0 Å². The van der Waals surface area contributed by atoms with Gasteiger partial charge < -0.3 is 14.4 Å². The van der Waals surface area contributed by atoms with Crippen molar-refractivity contribution in [3.05, 3.63) is 139 Å². The van der Waals surface area contributed by atoms with Crippen LogP contribution in [0.4, 0.5) is 0 Å². The fraction of sp³-hybridized carbons (Fsp3) is 0.277. The van der Waals surface area contributed by atoms with Crippen LogP contribution in [0.2, 0.25) is 19.6 Å². The summed E-state index contributed by atoms with van der Waals surface area (Å²) in [6.45, 7) is 11.7. The molecule has 3 aromatic heterocycles. The summed E-state index contributed by atoms with van der Waals surface area (Å²) in [5.74, 6) is 1.34. The molecular formula is C47H48IrN2OSi-2. The van der Waals surface area contributed by atoms with E-state index in [0.717, 1.165) is 62.4 Å². The summed E-state index contributed by atoms with van der Waals surface area (Å²) >= 11 is 0. The zero-order valence-electron chi connectivity index (χ0n) is 31.0. The van der Waals surface area contributed by atoms with E-state index in [0.29, 0.717) is 5.92 Å². The first kappa shape index (κ1) is 37.6. The van der Waals surface area contributed by atoms with E-state index in [9.17, 15) is 0 Å². The summed E-state index contributed by atoms with van der Waals surface area (Å²) in [4.78, 5) is 9.36. The summed E-state index contributed by atoms with van der Waals surface area (Å²) < 4.78 is 6.42. The van der Waals surface area contributed by atoms with Gasteiger partial charge in [0.15, 0.2) is 0 Å². The molecule has 3 heterocycles. The van der Waals surface area contributed by atoms with Crippen LogP contribution in [0, 0.1) is 18.1 Å². The average Bonchev–Trinajstić information content (AvgIpc) is 3.54. The number of fused-ring (bicyclic) bond motifs is 3. The van der Waals surface area contributed by atoms with E-state index < -0.39 is 8.07 Å². The third-order valence-corrected chi connectivity index (χ3v) is 12.3. The van der Waals surface area contributed by atoms with Crippen molar-refractivity contribution in [3.63, 3.8) is 0 Å². The first-order chi connectivity index (χ1) is 24.7. The fourth-order valence-electron chi connectivity index (χ4n) is 7.48. The van der Waals surface area contributed by atoms with Gasteiger partial charge in [0, 0.05) is 37.9 Å². The first-order valence-electron chi connectivity index (χ1n) is 18.6. The smallest absolute Gasteiger partial charge is 0.121 e. The molecule has 7 aromatic rings. The molecule has 1 saturated carbocycles. The summed E-state index contributed by atoms with van der Waals surface area (Å²) in [7, 11) is -1.34. The van der Waals surface area contributed by atoms with Gasteiger partial charge in [-0.1, -0.05) is 142 Å². The molecule has 1 fully saturated rings. The Morgan fingerprint density at radius 2 is 1.54 bits per heavy atom. The van der Waals surface area contributed by atoms with Crippen LogP contribution in [0.5, 0.6) is 0 Å². The monoisotopic (exact) mass is 877 g/mol. The van der Waals surface area contributed by atoms with Crippen LogP contribution in [-0.2, 0) is 26.5 Å². The molecule has 0 saturated heterocycles. The van der Waals surface area contributed by atoms with Gasteiger partial charge >= 0.3 is 0 Å². The third-order valence-electron chi connectivity index (χ3n) is 10.2. The van der Waals surface area contributed by atoms with Crippen molar-refractivity contribution in [2.24, 2.45) is 5.92 Å². The minimum absolute atomic E-state index is 0. The standard InChI is InChI=1S/C30H26NO.C17H22NSi.Ir/c1-3-8-21(9-4-1)18-22-16-17-31-28(19-22)27-13-7-12-26-25-15-14-24(20-29(25)32-30(26)27)23-10-5-2-6-11-23;1-13(2)15-11-16(14-9-7-6-8-10-14)18-12-17(15)19(3,4)5;/h2,5-7,10-12,14-17,19-21H,1,3-4,8-9,18H2;6-9,11-13H,1-5H3;/q2*-1;. The van der Waals surface area contributed by atoms with Crippen LogP contribution >= 0.6 is 0 Å². The maximum atomic E-state index is 6.42. The van der Waals surface area contributed by atoms with Gasteiger partial charge in [0.2, 0.25) is 0 Å². The van der Waals surface area contributed by atoms with Crippen molar-refractivity contribution in [2.45, 2.75) is 77.9 Å². The Morgan fingerprint density at radius 1 is 0.750 bits per heavy atom. The second-order valence-electron chi connectivity index (χ2n) is 15.4. The molecular weight excluding hydrogens is 829 g/mol. The van der Waals surface area contributed by atoms with E-state index in [-0.39, 0.29) is 20.1 Å². The minimum atomic E-state index is -1.34. The van der Waals surface area contributed by atoms with Crippen molar-refractivity contribution in [1.82, 2.24) is 9.97 Å². The van der Waals surface area contributed by atoms with Crippen LogP contribution in [0.25, 0.3) is 55.6 Å². The van der Waals surface area contributed by atoms with E-state index >= 15 is 0 Å². The number of hydrogen-bond donors (Lipinski definition) is 0. The Morgan fingerprint density at radius 3 is 2.27 bits per heavy atom.